The van der Waals surface area contributed by atoms with Gasteiger partial charge in [-0.2, -0.15) is 5.01 Å². The van der Waals surface area contributed by atoms with Crippen molar-refractivity contribution >= 4 is 34.5 Å². The number of hydrazine groups is 1. The van der Waals surface area contributed by atoms with Gasteiger partial charge in [0.15, 0.2) is 0 Å². The summed E-state index contributed by atoms with van der Waals surface area (Å²) < 4.78 is 0. The van der Waals surface area contributed by atoms with Crippen molar-refractivity contribution in [1.29, 1.82) is 0 Å². The number of nitrogens with zero attached hydrogens (tertiary/aromatic N) is 2. The quantitative estimate of drug-likeness (QED) is 0.684. The van der Waals surface area contributed by atoms with E-state index in [1.165, 1.54) is 0 Å². The van der Waals surface area contributed by atoms with Crippen molar-refractivity contribution in [1.82, 2.24) is 20.7 Å². The van der Waals surface area contributed by atoms with Crippen LogP contribution in [0.3, 0.4) is 0 Å². The molecule has 5 rings (SSSR count). The maximum Gasteiger partial charge on any atom is 0.344 e. The molecule has 2 aliphatic heterocycles. The fourth-order valence-electron chi connectivity index (χ4n) is 5.47. The highest BCUT2D eigenvalue weighted by Gasteiger charge is 2.53. The number of hydrogen-bond donors (Lipinski definition) is 2. The Morgan fingerprint density at radius 1 is 1.03 bits per heavy atom. The highest BCUT2D eigenvalue weighted by atomic mass is 16.2. The van der Waals surface area contributed by atoms with E-state index in [2.05, 4.69) is 17.7 Å². The normalized spacial score (nSPS) is 27.2. The van der Waals surface area contributed by atoms with Crippen molar-refractivity contribution in [3.05, 3.63) is 48.0 Å². The summed E-state index contributed by atoms with van der Waals surface area (Å²) in [7, 11) is 0. The molecular weight excluding hydrogens is 432 g/mol. The first-order valence-corrected chi connectivity index (χ1v) is 12.1. The second-order valence-corrected chi connectivity index (χ2v) is 9.93. The molecule has 1 unspecified atom stereocenters. The molecule has 8 heteroatoms. The second kappa shape index (κ2) is 8.74. The van der Waals surface area contributed by atoms with Gasteiger partial charge >= 0.3 is 6.03 Å². The predicted molar refractivity (Wildman–Crippen MR) is 126 cm³/mol. The molecule has 8 nitrogen and oxygen atoms in total. The van der Waals surface area contributed by atoms with E-state index in [0.717, 1.165) is 28.6 Å². The minimum Gasteiger partial charge on any atom is -0.338 e. The van der Waals surface area contributed by atoms with Gasteiger partial charge in [-0.1, -0.05) is 43.3 Å². The third kappa shape index (κ3) is 3.91. The van der Waals surface area contributed by atoms with Crippen molar-refractivity contribution in [2.75, 3.05) is 13.1 Å². The van der Waals surface area contributed by atoms with Gasteiger partial charge in [0.05, 0.1) is 5.92 Å². The molecular formula is C26H30N4O4. The predicted octanol–water partition coefficient (Wildman–Crippen LogP) is 3.22. The molecule has 2 N–H and O–H groups in total. The number of carbonyl (C=O) groups is 4. The van der Waals surface area contributed by atoms with Crippen molar-refractivity contribution in [2.24, 2.45) is 11.8 Å². The number of amides is 5. The molecule has 2 aromatic carbocycles. The Balaban J connectivity index is 1.27. The van der Waals surface area contributed by atoms with E-state index >= 15 is 0 Å². The first-order chi connectivity index (χ1) is 16.4. The highest BCUT2D eigenvalue weighted by molar-refractivity contribution is 6.08. The molecule has 5 amide bonds. The number of fused-ring (bicyclic) bond motifs is 1. The van der Waals surface area contributed by atoms with Crippen LogP contribution < -0.4 is 10.7 Å². The zero-order valence-corrected chi connectivity index (χ0v) is 19.4. The molecule has 1 saturated carbocycles. The lowest BCUT2D eigenvalue weighted by atomic mass is 9.77. The van der Waals surface area contributed by atoms with E-state index in [-0.39, 0.29) is 18.4 Å². The van der Waals surface area contributed by atoms with Gasteiger partial charge in [0.1, 0.15) is 5.54 Å². The average Bonchev–Trinajstić information content (AvgIpc) is 3.09. The molecule has 3 aliphatic rings. The number of benzene rings is 2. The first kappa shape index (κ1) is 22.4. The summed E-state index contributed by atoms with van der Waals surface area (Å²) in [6, 6.07) is 12.8. The van der Waals surface area contributed by atoms with Crippen molar-refractivity contribution in [3.63, 3.8) is 0 Å². The van der Waals surface area contributed by atoms with Crippen LogP contribution in [0.4, 0.5) is 4.79 Å². The number of urea groups is 1. The van der Waals surface area contributed by atoms with Gasteiger partial charge in [-0.25, -0.2) is 4.79 Å². The second-order valence-electron chi connectivity index (χ2n) is 9.93. The van der Waals surface area contributed by atoms with Crippen LogP contribution in [0, 0.1) is 11.8 Å². The Bertz CT molecular complexity index is 1150. The Hall–Kier alpha value is -3.42. The summed E-state index contributed by atoms with van der Waals surface area (Å²) in [4.78, 5) is 53.7. The molecule has 178 valence electrons. The van der Waals surface area contributed by atoms with Gasteiger partial charge in [0.2, 0.25) is 5.91 Å². The first-order valence-electron chi connectivity index (χ1n) is 12.1. The van der Waals surface area contributed by atoms with Gasteiger partial charge in [0.25, 0.3) is 11.8 Å². The molecule has 2 saturated heterocycles. The van der Waals surface area contributed by atoms with Crippen LogP contribution in [-0.4, -0.2) is 52.3 Å². The highest BCUT2D eigenvalue weighted by Crippen LogP contribution is 2.36. The number of likely N-dealkylation sites (tertiary alicyclic amines) is 1. The van der Waals surface area contributed by atoms with Crippen LogP contribution in [-0.2, 0) is 9.59 Å². The van der Waals surface area contributed by atoms with E-state index in [1.54, 1.807) is 4.90 Å². The third-order valence-electron chi connectivity index (χ3n) is 7.61. The fraction of sp³-hybridized carbons (Fsp3) is 0.462. The van der Waals surface area contributed by atoms with E-state index in [0.29, 0.717) is 43.7 Å². The lowest BCUT2D eigenvalue weighted by Gasteiger charge is -2.34. The summed E-state index contributed by atoms with van der Waals surface area (Å²) in [5, 5.41) is 5.55. The lowest BCUT2D eigenvalue weighted by molar-refractivity contribution is -0.142. The molecule has 34 heavy (non-hydrogen) atoms. The van der Waals surface area contributed by atoms with Crippen molar-refractivity contribution < 1.29 is 19.2 Å². The van der Waals surface area contributed by atoms with Crippen LogP contribution in [0.15, 0.2) is 42.5 Å². The van der Waals surface area contributed by atoms with Crippen molar-refractivity contribution in [2.45, 2.75) is 51.0 Å². The molecule has 1 atom stereocenters. The lowest BCUT2D eigenvalue weighted by Crippen LogP contribution is -2.54. The van der Waals surface area contributed by atoms with Crippen LogP contribution in [0.25, 0.3) is 10.8 Å². The molecule has 1 spiro atoms. The van der Waals surface area contributed by atoms with E-state index in [9.17, 15) is 19.2 Å². The maximum absolute atomic E-state index is 13.3. The Kier molecular flexibility index (Phi) is 5.75. The standard InChI is InChI=1S/C26H30N4O4/c1-17-11-13-26(14-12-17)24(33)30(25(34)27-26)28-22(31)19-8-5-15-29(16-19)23(32)21-10-4-7-18-6-2-3-9-20(18)21/h2-4,6-7,9-10,17,19H,5,8,11-16H2,1H3,(H,27,34)(H,28,31). The van der Waals surface area contributed by atoms with Gasteiger partial charge < -0.3 is 10.2 Å². The zero-order valence-electron chi connectivity index (χ0n) is 19.4. The molecule has 2 heterocycles. The summed E-state index contributed by atoms with van der Waals surface area (Å²) in [6.45, 7) is 2.96. The maximum atomic E-state index is 13.3. The zero-order chi connectivity index (χ0) is 23.9. The molecule has 0 bridgehead atoms. The van der Waals surface area contributed by atoms with E-state index in [1.807, 2.05) is 42.5 Å². The van der Waals surface area contributed by atoms with Crippen LogP contribution in [0.5, 0.6) is 0 Å². The molecule has 3 fully saturated rings. The summed E-state index contributed by atoms with van der Waals surface area (Å²) in [5.41, 5.74) is 2.26. The number of nitrogens with one attached hydrogen (secondary N) is 2. The third-order valence-corrected chi connectivity index (χ3v) is 7.61. The SMILES string of the molecule is CC1CCC2(CC1)NC(=O)N(NC(=O)C1CCCN(C(=O)c3cccc4ccccc34)C1)C2=O. The topological polar surface area (TPSA) is 98.8 Å². The number of imide groups is 1. The van der Waals surface area contributed by atoms with Gasteiger partial charge in [0, 0.05) is 18.7 Å². The summed E-state index contributed by atoms with van der Waals surface area (Å²) in [5.74, 6) is -0.861. The molecule has 1 aliphatic carbocycles. The number of rotatable bonds is 3. The Labute approximate surface area is 198 Å². The van der Waals surface area contributed by atoms with Crippen LogP contribution in [0.1, 0.15) is 55.8 Å². The molecule has 0 radical (unpaired) electrons. The molecule has 0 aromatic heterocycles. The Morgan fingerprint density at radius 3 is 2.56 bits per heavy atom. The summed E-state index contributed by atoms with van der Waals surface area (Å²) in [6.07, 6.45) is 4.17. The largest absolute Gasteiger partial charge is 0.344 e. The van der Waals surface area contributed by atoms with Gasteiger partial charge in [-0.05, 0) is 61.3 Å². The number of carbonyl (C=O) groups excluding carboxylic acids is 4. The monoisotopic (exact) mass is 462 g/mol. The molecule has 2 aromatic rings. The van der Waals surface area contributed by atoms with E-state index < -0.39 is 23.4 Å². The van der Waals surface area contributed by atoms with Gasteiger partial charge in [-0.3, -0.25) is 19.8 Å². The smallest absolute Gasteiger partial charge is 0.338 e. The fourth-order valence-corrected chi connectivity index (χ4v) is 5.47. The van der Waals surface area contributed by atoms with Crippen molar-refractivity contribution in [3.8, 4) is 0 Å². The number of piperidine rings is 1. The van der Waals surface area contributed by atoms with Gasteiger partial charge in [-0.15, -0.1) is 0 Å². The minimum atomic E-state index is -0.903. The number of hydrogen-bond acceptors (Lipinski definition) is 4. The minimum absolute atomic E-state index is 0.112. The average molecular weight is 463 g/mol. The van der Waals surface area contributed by atoms with Crippen LogP contribution >= 0.6 is 0 Å². The summed E-state index contributed by atoms with van der Waals surface area (Å²) >= 11 is 0. The van der Waals surface area contributed by atoms with E-state index in [4.69, 9.17) is 0 Å². The Morgan fingerprint density at radius 2 is 1.76 bits per heavy atom. The van der Waals surface area contributed by atoms with Crippen LogP contribution in [0.2, 0.25) is 0 Å².